The number of hydrogen-bond acceptors (Lipinski definition) is 10. The first-order chi connectivity index (χ1) is 13.3. The zero-order chi connectivity index (χ0) is 20.4. The Balaban J connectivity index is 2.05. The molecule has 2 aromatic heterocycles. The van der Waals surface area contributed by atoms with Gasteiger partial charge in [0, 0.05) is 20.8 Å². The van der Waals surface area contributed by atoms with Crippen LogP contribution in [-0.4, -0.2) is 62.3 Å². The van der Waals surface area contributed by atoms with E-state index in [0.29, 0.717) is 11.2 Å². The van der Waals surface area contributed by atoms with E-state index in [1.165, 1.54) is 33.4 Å². The minimum absolute atomic E-state index is 0.0918. The lowest BCUT2D eigenvalue weighted by Crippen LogP contribution is -2.55. The first kappa shape index (κ1) is 19.9. The van der Waals surface area contributed by atoms with Gasteiger partial charge in [-0.3, -0.25) is 19.0 Å². The molecule has 1 aliphatic rings. The van der Waals surface area contributed by atoms with Crippen LogP contribution >= 0.6 is 12.2 Å². The van der Waals surface area contributed by atoms with Gasteiger partial charge in [-0.1, -0.05) is 12.2 Å². The quantitative estimate of drug-likeness (QED) is 0.438. The number of fused-ring (bicyclic) bond motifs is 1. The number of rotatable bonds is 4. The highest BCUT2D eigenvalue weighted by Crippen LogP contribution is 2.32. The maximum Gasteiger partial charge on any atom is 0.303 e. The highest BCUT2D eigenvalue weighted by atomic mass is 32.1. The first-order valence-corrected chi connectivity index (χ1v) is 8.72. The lowest BCUT2D eigenvalue weighted by Gasteiger charge is -2.40. The van der Waals surface area contributed by atoms with Gasteiger partial charge in [-0.05, 0) is 0 Å². The van der Waals surface area contributed by atoms with Crippen LogP contribution in [0.1, 0.15) is 27.0 Å². The predicted molar refractivity (Wildman–Crippen MR) is 94.4 cm³/mol. The number of esters is 3. The Hall–Kier alpha value is -2.86. The third kappa shape index (κ3) is 4.02. The van der Waals surface area contributed by atoms with Gasteiger partial charge >= 0.3 is 17.9 Å². The SMILES string of the molecule is CC(=O)O[C@@H]1[C@H](OC(C)=O)[C@@H](OC(C)=O)CO[C@H]1n1cnc2c(=S)nc[nH]c21. The van der Waals surface area contributed by atoms with E-state index in [1.807, 2.05) is 0 Å². The van der Waals surface area contributed by atoms with Crippen molar-refractivity contribution in [3.8, 4) is 0 Å². The molecular formula is C16H18N4O7S. The topological polar surface area (TPSA) is 135 Å². The number of nitrogens with zero attached hydrogens (tertiary/aromatic N) is 3. The van der Waals surface area contributed by atoms with Crippen LogP contribution in [0.4, 0.5) is 0 Å². The van der Waals surface area contributed by atoms with Gasteiger partial charge in [-0.2, -0.15) is 0 Å². The molecule has 2 aromatic rings. The second-order valence-electron chi connectivity index (χ2n) is 6.08. The zero-order valence-electron chi connectivity index (χ0n) is 15.3. The Bertz CT molecular complexity index is 971. The minimum Gasteiger partial charge on any atom is -0.456 e. The Morgan fingerprint density at radius 1 is 1.11 bits per heavy atom. The smallest absolute Gasteiger partial charge is 0.303 e. The second-order valence-corrected chi connectivity index (χ2v) is 6.46. The molecule has 1 aliphatic heterocycles. The summed E-state index contributed by atoms with van der Waals surface area (Å²) in [6.07, 6.45) is -1.21. The second kappa shape index (κ2) is 8.02. The van der Waals surface area contributed by atoms with Gasteiger partial charge in [-0.25, -0.2) is 9.97 Å². The monoisotopic (exact) mass is 410 g/mol. The van der Waals surface area contributed by atoms with E-state index in [2.05, 4.69) is 15.0 Å². The third-order valence-electron chi connectivity index (χ3n) is 3.98. The van der Waals surface area contributed by atoms with Crippen LogP contribution in [0.5, 0.6) is 0 Å². The van der Waals surface area contributed by atoms with Gasteiger partial charge in [0.15, 0.2) is 29.2 Å². The summed E-state index contributed by atoms with van der Waals surface area (Å²) < 4.78 is 23.6. The van der Waals surface area contributed by atoms with Crippen molar-refractivity contribution in [1.82, 2.24) is 19.5 Å². The van der Waals surface area contributed by atoms with E-state index in [4.69, 9.17) is 31.2 Å². The maximum atomic E-state index is 11.7. The molecule has 3 rings (SSSR count). The molecule has 0 unspecified atom stereocenters. The number of carbonyl (C=O) groups is 3. The highest BCUT2D eigenvalue weighted by molar-refractivity contribution is 7.71. The van der Waals surface area contributed by atoms with Gasteiger partial charge in [0.25, 0.3) is 0 Å². The Labute approximate surface area is 163 Å². The number of hydrogen-bond donors (Lipinski definition) is 1. The van der Waals surface area contributed by atoms with Crippen molar-refractivity contribution in [3.63, 3.8) is 0 Å². The summed E-state index contributed by atoms with van der Waals surface area (Å²) in [6, 6.07) is 0. The van der Waals surface area contributed by atoms with Gasteiger partial charge in [-0.15, -0.1) is 0 Å². The molecule has 0 aromatic carbocycles. The molecule has 1 fully saturated rings. The largest absolute Gasteiger partial charge is 0.456 e. The van der Waals surface area contributed by atoms with Gasteiger partial charge in [0.2, 0.25) is 0 Å². The van der Waals surface area contributed by atoms with Crippen molar-refractivity contribution < 1.29 is 33.3 Å². The van der Waals surface area contributed by atoms with E-state index in [9.17, 15) is 14.4 Å². The highest BCUT2D eigenvalue weighted by Gasteiger charge is 2.48. The van der Waals surface area contributed by atoms with Crippen LogP contribution < -0.4 is 0 Å². The van der Waals surface area contributed by atoms with Crippen LogP contribution in [0, 0.1) is 4.64 Å². The summed E-state index contributed by atoms with van der Waals surface area (Å²) >= 11 is 5.15. The molecule has 1 saturated heterocycles. The lowest BCUT2D eigenvalue weighted by atomic mass is 10.0. The molecule has 0 saturated carbocycles. The van der Waals surface area contributed by atoms with Crippen LogP contribution in [0.2, 0.25) is 0 Å². The van der Waals surface area contributed by atoms with E-state index >= 15 is 0 Å². The molecule has 0 aliphatic carbocycles. The van der Waals surface area contributed by atoms with Crippen molar-refractivity contribution in [1.29, 1.82) is 0 Å². The third-order valence-corrected chi connectivity index (χ3v) is 4.28. The fourth-order valence-corrected chi connectivity index (χ4v) is 3.23. The van der Waals surface area contributed by atoms with E-state index in [0.717, 1.165) is 0 Å². The Morgan fingerprint density at radius 3 is 2.39 bits per heavy atom. The molecular weight excluding hydrogens is 392 g/mol. The molecule has 0 radical (unpaired) electrons. The van der Waals surface area contributed by atoms with E-state index in [-0.39, 0.29) is 11.2 Å². The molecule has 4 atom stereocenters. The molecule has 1 N–H and O–H groups in total. The van der Waals surface area contributed by atoms with E-state index < -0.39 is 42.4 Å². The number of imidazole rings is 1. The molecule has 12 heteroatoms. The number of aromatic nitrogens is 4. The average Bonchev–Trinajstić information content (AvgIpc) is 3.02. The molecule has 0 amide bonds. The van der Waals surface area contributed by atoms with Crippen molar-refractivity contribution >= 4 is 41.3 Å². The van der Waals surface area contributed by atoms with Crippen LogP contribution in [0.3, 0.4) is 0 Å². The Kier molecular flexibility index (Phi) is 5.70. The predicted octanol–water partition coefficient (Wildman–Crippen LogP) is 0.813. The normalized spacial score (nSPS) is 24.5. The fourth-order valence-electron chi connectivity index (χ4n) is 3.03. The van der Waals surface area contributed by atoms with Crippen LogP contribution in [0.25, 0.3) is 11.2 Å². The summed E-state index contributed by atoms with van der Waals surface area (Å²) in [4.78, 5) is 45.9. The van der Waals surface area contributed by atoms with Crippen LogP contribution in [0.15, 0.2) is 12.7 Å². The van der Waals surface area contributed by atoms with Crippen LogP contribution in [-0.2, 0) is 33.3 Å². The van der Waals surface area contributed by atoms with Gasteiger partial charge < -0.3 is 23.9 Å². The number of carbonyl (C=O) groups excluding carboxylic acids is 3. The van der Waals surface area contributed by atoms with E-state index in [1.54, 1.807) is 4.57 Å². The lowest BCUT2D eigenvalue weighted by molar-refractivity contribution is -0.239. The van der Waals surface area contributed by atoms with Crippen molar-refractivity contribution in [3.05, 3.63) is 17.3 Å². The average molecular weight is 410 g/mol. The summed E-state index contributed by atoms with van der Waals surface area (Å²) in [5.74, 6) is -1.84. The van der Waals surface area contributed by atoms with Crippen molar-refractivity contribution in [2.75, 3.05) is 6.61 Å². The Morgan fingerprint density at radius 2 is 1.75 bits per heavy atom. The van der Waals surface area contributed by atoms with Crippen molar-refractivity contribution in [2.24, 2.45) is 0 Å². The number of aromatic amines is 1. The molecule has 3 heterocycles. The standard InChI is InChI=1S/C16H18N4O7S/c1-7(21)25-10-4-24-16(13(27-9(3)23)12(10)26-8(2)22)20-6-19-11-14(20)17-5-18-15(11)28/h5-6,10,12-13,16H,4H2,1-3H3,(H,17,18,28)/t10-,12+,13+,16+/m0/s1. The van der Waals surface area contributed by atoms with Gasteiger partial charge in [0.1, 0.15) is 11.2 Å². The summed E-state index contributed by atoms with van der Waals surface area (Å²) in [5, 5.41) is 0. The number of H-pyrrole nitrogens is 1. The fraction of sp³-hybridized carbons (Fsp3) is 0.500. The molecule has 0 spiro atoms. The summed E-state index contributed by atoms with van der Waals surface area (Å²) in [5.41, 5.74) is 0.906. The maximum absolute atomic E-state index is 11.7. The molecule has 150 valence electrons. The minimum atomic E-state index is -1.10. The molecule has 28 heavy (non-hydrogen) atoms. The number of ether oxygens (including phenoxy) is 4. The first-order valence-electron chi connectivity index (χ1n) is 8.31. The van der Waals surface area contributed by atoms with Crippen molar-refractivity contribution in [2.45, 2.75) is 45.3 Å². The number of nitrogens with one attached hydrogen (secondary N) is 1. The molecule has 0 bridgehead atoms. The summed E-state index contributed by atoms with van der Waals surface area (Å²) in [7, 11) is 0. The summed E-state index contributed by atoms with van der Waals surface area (Å²) in [6.45, 7) is 3.54. The zero-order valence-corrected chi connectivity index (χ0v) is 16.1. The van der Waals surface area contributed by atoms with Gasteiger partial charge in [0.05, 0.1) is 19.3 Å². The molecule has 11 nitrogen and oxygen atoms in total.